The van der Waals surface area contributed by atoms with Crippen molar-refractivity contribution in [3.05, 3.63) is 0 Å². The number of carbonyl (C=O) groups is 1. The lowest BCUT2D eigenvalue weighted by Crippen LogP contribution is -2.74. The summed E-state index contributed by atoms with van der Waals surface area (Å²) < 4.78 is 68.9. The normalized spacial score (nSPS) is 58.2. The second-order valence-corrected chi connectivity index (χ2v) is 28.6. The van der Waals surface area contributed by atoms with Gasteiger partial charge in [0, 0.05) is 16.2 Å². The summed E-state index contributed by atoms with van der Waals surface area (Å²) in [5, 5.41) is 155. The number of hydrogen-bond donors (Lipinski definition) is 14. The SMILES string of the molecule is CC1OC(O[C@@H]2C(O)C(CO)OC(O[C@H]3COC(O[C@H]4CC[C@]5(C)[C@H]6CC[C@]78OC[C@@]9(CC[C@](C)(C=O)C[C@H]97)[C@H](O)C[C@@]8(C)[C@]6(C)CC[C@H]5C4(C)C)[C@@H](OC4OC(CO)[C@@H](O)[C@@H](O)[C@@H]4O)[C@@H]3O)[C@H]2OC2OC[C@@H](O)[C@@H](O)[C@@H]2O)[C@@H](O)[C@@H](O)[C@H]1O. The zero-order chi connectivity index (χ0) is 60.8. The maximum atomic E-state index is 12.7. The van der Waals surface area contributed by atoms with Crippen LogP contribution in [0.15, 0.2) is 0 Å². The van der Waals surface area contributed by atoms with E-state index in [9.17, 15) is 76.3 Å². The highest BCUT2D eigenvalue weighted by Crippen LogP contribution is 2.80. The molecule has 6 saturated heterocycles. The van der Waals surface area contributed by atoms with E-state index in [0.29, 0.717) is 25.9 Å². The summed E-state index contributed by atoms with van der Waals surface area (Å²) in [6.45, 7) is 12.7. The molecule has 26 nitrogen and oxygen atoms in total. The van der Waals surface area contributed by atoms with Gasteiger partial charge in [0.2, 0.25) is 0 Å². The van der Waals surface area contributed by atoms with E-state index >= 15 is 0 Å². The van der Waals surface area contributed by atoms with Crippen LogP contribution in [0.25, 0.3) is 0 Å². The molecule has 11 fully saturated rings. The Bertz CT molecular complexity index is 2320. The fraction of sp³-hybridized carbons (Fsp3) is 0.983. The van der Waals surface area contributed by atoms with Gasteiger partial charge in [-0.3, -0.25) is 0 Å². The van der Waals surface area contributed by atoms with Crippen molar-refractivity contribution in [1.29, 1.82) is 0 Å². The molecule has 5 aliphatic carbocycles. The van der Waals surface area contributed by atoms with Crippen LogP contribution < -0.4 is 0 Å². The third kappa shape index (κ3) is 9.88. The largest absolute Gasteiger partial charge is 0.394 e. The average molecular weight is 1210 g/mol. The smallest absolute Gasteiger partial charge is 0.187 e. The lowest BCUT2D eigenvalue weighted by molar-refractivity contribution is -0.404. The molecule has 0 aromatic carbocycles. The molecule has 11 aliphatic rings. The van der Waals surface area contributed by atoms with Crippen LogP contribution in [0.3, 0.4) is 0 Å². The van der Waals surface area contributed by atoms with Gasteiger partial charge >= 0.3 is 0 Å². The van der Waals surface area contributed by atoms with Gasteiger partial charge in [0.05, 0.1) is 56.9 Å². The third-order valence-electron chi connectivity index (χ3n) is 24.0. The number of rotatable bonds is 13. The van der Waals surface area contributed by atoms with Gasteiger partial charge in [-0.15, -0.1) is 0 Å². The van der Waals surface area contributed by atoms with E-state index in [1.165, 1.54) is 6.92 Å². The molecule has 0 aromatic heterocycles. The van der Waals surface area contributed by atoms with Crippen molar-refractivity contribution in [1.82, 2.24) is 0 Å². The lowest BCUT2D eigenvalue weighted by atomic mass is 9.30. The molecule has 0 aromatic rings. The van der Waals surface area contributed by atoms with Crippen LogP contribution in [0, 0.1) is 50.2 Å². The number of carbonyl (C=O) groups excluding carboxylic acids is 1. The van der Waals surface area contributed by atoms with E-state index in [1.807, 2.05) is 0 Å². The van der Waals surface area contributed by atoms with Gasteiger partial charge in [-0.2, -0.15) is 0 Å². The molecule has 34 atom stereocenters. The van der Waals surface area contributed by atoms with Crippen LogP contribution in [-0.4, -0.2) is 270 Å². The van der Waals surface area contributed by atoms with Gasteiger partial charge in [0.1, 0.15) is 110 Å². The highest BCUT2D eigenvalue weighted by atomic mass is 16.8. The Hall–Kier alpha value is -1.33. The molecule has 6 heterocycles. The number of aliphatic hydroxyl groups excluding tert-OH is 14. The van der Waals surface area contributed by atoms with Crippen molar-refractivity contribution < 1.29 is 128 Å². The molecule has 2 bridgehead atoms. The lowest BCUT2D eigenvalue weighted by Gasteiger charge is -2.75. The van der Waals surface area contributed by atoms with E-state index in [-0.39, 0.29) is 34.0 Å². The molecule has 84 heavy (non-hydrogen) atoms. The Morgan fingerprint density at radius 1 is 0.512 bits per heavy atom. The molecule has 0 amide bonds. The van der Waals surface area contributed by atoms with Gasteiger partial charge in [-0.25, -0.2) is 0 Å². The first-order valence-electron chi connectivity index (χ1n) is 30.5. The summed E-state index contributed by atoms with van der Waals surface area (Å²) >= 11 is 0. The minimum absolute atomic E-state index is 0.0469. The summed E-state index contributed by atoms with van der Waals surface area (Å²) in [4.78, 5) is 12.6. The first-order chi connectivity index (χ1) is 39.5. The Morgan fingerprint density at radius 3 is 1.81 bits per heavy atom. The molecule has 9 unspecified atom stereocenters. The number of hydrogen-bond acceptors (Lipinski definition) is 26. The van der Waals surface area contributed by atoms with Crippen LogP contribution >= 0.6 is 0 Å². The minimum atomic E-state index is -1.94. The molecular formula is C58H94O26. The number of aldehydes is 1. The summed E-state index contributed by atoms with van der Waals surface area (Å²) in [6, 6.07) is 0. The molecule has 482 valence electrons. The Kier molecular flexibility index (Phi) is 17.7. The van der Waals surface area contributed by atoms with Gasteiger partial charge in [0.15, 0.2) is 31.5 Å². The molecule has 11 rings (SSSR count). The van der Waals surface area contributed by atoms with Crippen LogP contribution in [0.2, 0.25) is 0 Å². The second kappa shape index (κ2) is 23.1. The van der Waals surface area contributed by atoms with Crippen molar-refractivity contribution in [2.75, 3.05) is 33.0 Å². The highest BCUT2D eigenvalue weighted by Gasteiger charge is 2.80. The second-order valence-electron chi connectivity index (χ2n) is 28.6. The van der Waals surface area contributed by atoms with Crippen LogP contribution in [0.5, 0.6) is 0 Å². The monoisotopic (exact) mass is 1210 g/mol. The fourth-order valence-electron chi connectivity index (χ4n) is 18.8. The van der Waals surface area contributed by atoms with E-state index in [1.54, 1.807) is 0 Å². The summed E-state index contributed by atoms with van der Waals surface area (Å²) in [5.74, 6) is 0.347. The summed E-state index contributed by atoms with van der Waals surface area (Å²) in [5.41, 5.74) is -2.81. The highest BCUT2D eigenvalue weighted by molar-refractivity contribution is 5.59. The predicted molar refractivity (Wildman–Crippen MR) is 282 cm³/mol. The first kappa shape index (κ1) is 64.2. The molecule has 0 radical (unpaired) electrons. The summed E-state index contributed by atoms with van der Waals surface area (Å²) in [6.07, 6.45) is -32.2. The van der Waals surface area contributed by atoms with Crippen molar-refractivity contribution >= 4 is 6.29 Å². The molecular weight excluding hydrogens is 1110 g/mol. The number of fused-ring (bicyclic) bond motifs is 4. The van der Waals surface area contributed by atoms with Gasteiger partial charge in [-0.05, 0) is 105 Å². The van der Waals surface area contributed by atoms with Crippen molar-refractivity contribution in [3.8, 4) is 0 Å². The van der Waals surface area contributed by atoms with E-state index in [2.05, 4.69) is 41.5 Å². The van der Waals surface area contributed by atoms with Crippen molar-refractivity contribution in [2.24, 2.45) is 50.2 Å². The van der Waals surface area contributed by atoms with Crippen LogP contribution in [0.1, 0.15) is 113 Å². The van der Waals surface area contributed by atoms with E-state index in [0.717, 1.165) is 51.2 Å². The Labute approximate surface area is 488 Å². The zero-order valence-corrected chi connectivity index (χ0v) is 49.0. The topological polar surface area (TPSA) is 402 Å². The van der Waals surface area contributed by atoms with Gasteiger partial charge in [0.25, 0.3) is 0 Å². The quantitative estimate of drug-likeness (QED) is 0.0644. The van der Waals surface area contributed by atoms with Crippen molar-refractivity contribution in [2.45, 2.75) is 272 Å². The van der Waals surface area contributed by atoms with Gasteiger partial charge < -0.3 is 128 Å². The van der Waals surface area contributed by atoms with Gasteiger partial charge in [-0.1, -0.05) is 41.5 Å². The maximum Gasteiger partial charge on any atom is 0.187 e. The Balaban J connectivity index is 0.866. The molecule has 5 saturated carbocycles. The zero-order valence-electron chi connectivity index (χ0n) is 49.0. The summed E-state index contributed by atoms with van der Waals surface area (Å²) in [7, 11) is 0. The molecule has 6 aliphatic heterocycles. The standard InChI is InChI=1S/C58H94O26/c1-24-34(64)39(69)42(72)48(77-24)82-44-37(67)27(19-60)79-51(46(44)84-47-41(71)35(65)25(62)20-74-47)80-28-21-75-50(45(38(28)68)83-49-43(73)40(70)36(66)26(18-59)78-49)81-33-10-11-54(5)29(52(33,2)3)8-12-55(6)30(54)9-13-58-31-16-53(4,22-61)14-15-57(31,23-76-58)32(63)17-56(55,58)7/h22,24-51,59-60,62-73H,8-21,23H2,1-7H3/t24?,25-,26?,27?,28+,29+,30-,31-,32-,33+,34+,35-,36-,37?,38-,39+,40-,41+,42+,43+,44-,45+,46+,47?,48?,49?,50?,51?,53+,54+,55-,56+,57-,58+/m1/s1. The molecule has 14 N–H and O–H groups in total. The van der Waals surface area contributed by atoms with E-state index in [4.69, 9.17) is 52.1 Å². The molecule has 26 heteroatoms. The minimum Gasteiger partial charge on any atom is -0.394 e. The fourth-order valence-corrected chi connectivity index (χ4v) is 18.8. The molecule has 1 spiro atoms. The number of ether oxygens (including phenoxy) is 11. The number of aliphatic hydroxyl groups is 14. The van der Waals surface area contributed by atoms with E-state index < -0.39 is 202 Å². The average Bonchev–Trinajstić information content (AvgIpc) is 1.93. The van der Waals surface area contributed by atoms with Crippen LogP contribution in [-0.2, 0) is 56.9 Å². The van der Waals surface area contributed by atoms with Crippen molar-refractivity contribution in [3.63, 3.8) is 0 Å². The first-order valence-corrected chi connectivity index (χ1v) is 30.5. The predicted octanol–water partition coefficient (Wildman–Crippen LogP) is -3.04. The Morgan fingerprint density at radius 2 is 1.12 bits per heavy atom. The third-order valence-corrected chi connectivity index (χ3v) is 24.0. The van der Waals surface area contributed by atoms with Crippen LogP contribution in [0.4, 0.5) is 0 Å². The maximum absolute atomic E-state index is 12.7.